The summed E-state index contributed by atoms with van der Waals surface area (Å²) in [6.45, 7) is 2.75. The molecular formula is C15H21FN2O. The number of carbonyl (C=O) groups excluding carboxylic acids is 1. The second kappa shape index (κ2) is 6.66. The Morgan fingerprint density at radius 3 is 3.00 bits per heavy atom. The highest BCUT2D eigenvalue weighted by atomic mass is 19.1. The molecule has 1 aliphatic heterocycles. The summed E-state index contributed by atoms with van der Waals surface area (Å²) in [6, 6.07) is 6.72. The number of amides is 1. The van der Waals surface area contributed by atoms with Gasteiger partial charge in [-0.3, -0.25) is 4.79 Å². The lowest BCUT2D eigenvalue weighted by molar-refractivity contribution is -0.123. The molecule has 0 saturated carbocycles. The maximum absolute atomic E-state index is 13.6. The fourth-order valence-corrected chi connectivity index (χ4v) is 2.49. The van der Waals surface area contributed by atoms with Gasteiger partial charge in [0.05, 0.1) is 6.04 Å². The summed E-state index contributed by atoms with van der Waals surface area (Å²) < 4.78 is 13.6. The van der Waals surface area contributed by atoms with Crippen molar-refractivity contribution in [1.29, 1.82) is 0 Å². The van der Waals surface area contributed by atoms with E-state index in [2.05, 4.69) is 10.6 Å². The average Bonchev–Trinajstić information content (AvgIpc) is 2.58. The van der Waals surface area contributed by atoms with E-state index in [-0.39, 0.29) is 23.8 Å². The van der Waals surface area contributed by atoms with Crippen LogP contribution in [0.15, 0.2) is 24.3 Å². The van der Waals surface area contributed by atoms with E-state index in [0.29, 0.717) is 12.0 Å². The highest BCUT2D eigenvalue weighted by Crippen LogP contribution is 2.11. The molecule has 4 heteroatoms. The second-order valence-corrected chi connectivity index (χ2v) is 5.20. The number of carbonyl (C=O) groups is 1. The summed E-state index contributed by atoms with van der Waals surface area (Å²) in [7, 11) is 0. The third kappa shape index (κ3) is 4.03. The molecule has 1 fully saturated rings. The Labute approximate surface area is 113 Å². The van der Waals surface area contributed by atoms with E-state index >= 15 is 0 Å². The van der Waals surface area contributed by atoms with E-state index in [1.807, 2.05) is 13.0 Å². The van der Waals surface area contributed by atoms with Crippen molar-refractivity contribution in [1.82, 2.24) is 10.6 Å². The molecule has 1 aromatic rings. The summed E-state index contributed by atoms with van der Waals surface area (Å²) in [5.41, 5.74) is 0.691. The molecule has 0 radical (unpaired) electrons. The Kier molecular flexibility index (Phi) is 4.91. The fraction of sp³-hybridized carbons (Fsp3) is 0.533. The van der Waals surface area contributed by atoms with E-state index in [1.165, 1.54) is 6.07 Å². The van der Waals surface area contributed by atoms with E-state index in [9.17, 15) is 9.18 Å². The molecule has 0 aromatic heterocycles. The summed E-state index contributed by atoms with van der Waals surface area (Å²) in [6.07, 6.45) is 3.53. The van der Waals surface area contributed by atoms with Crippen molar-refractivity contribution in [2.75, 3.05) is 6.54 Å². The first-order chi connectivity index (χ1) is 9.16. The minimum atomic E-state index is -0.179. The van der Waals surface area contributed by atoms with Crippen LogP contribution in [0.1, 0.15) is 31.7 Å². The zero-order valence-electron chi connectivity index (χ0n) is 11.3. The summed E-state index contributed by atoms with van der Waals surface area (Å²) in [5, 5.41) is 6.21. The van der Waals surface area contributed by atoms with Crippen LogP contribution in [-0.4, -0.2) is 24.5 Å². The maximum Gasteiger partial charge on any atom is 0.237 e. The molecule has 0 spiro atoms. The van der Waals surface area contributed by atoms with Gasteiger partial charge in [-0.25, -0.2) is 4.39 Å². The highest BCUT2D eigenvalue weighted by molar-refractivity contribution is 5.81. The first kappa shape index (κ1) is 14.0. The van der Waals surface area contributed by atoms with Crippen LogP contribution in [0, 0.1) is 5.82 Å². The van der Waals surface area contributed by atoms with Gasteiger partial charge in [-0.05, 0) is 44.2 Å². The number of nitrogens with one attached hydrogen (secondary N) is 2. The van der Waals surface area contributed by atoms with Gasteiger partial charge in [0.25, 0.3) is 0 Å². The molecule has 1 aliphatic rings. The number of rotatable bonds is 4. The zero-order chi connectivity index (χ0) is 13.7. The van der Waals surface area contributed by atoms with Crippen LogP contribution in [-0.2, 0) is 11.2 Å². The van der Waals surface area contributed by atoms with E-state index < -0.39 is 0 Å². The molecule has 0 bridgehead atoms. The first-order valence-corrected chi connectivity index (χ1v) is 6.94. The van der Waals surface area contributed by atoms with E-state index in [0.717, 1.165) is 25.8 Å². The summed E-state index contributed by atoms with van der Waals surface area (Å²) in [5.74, 6) is -0.112. The largest absolute Gasteiger partial charge is 0.355 e. The van der Waals surface area contributed by atoms with Crippen LogP contribution < -0.4 is 10.6 Å². The molecule has 1 heterocycles. The molecule has 1 aromatic carbocycles. The smallest absolute Gasteiger partial charge is 0.237 e. The molecule has 1 amide bonds. The molecule has 3 nitrogen and oxygen atoms in total. The van der Waals surface area contributed by atoms with Crippen LogP contribution in [0.2, 0.25) is 0 Å². The predicted octanol–water partition coefficient (Wildman–Crippen LogP) is 2.02. The molecule has 0 unspecified atom stereocenters. The molecular weight excluding hydrogens is 243 g/mol. The van der Waals surface area contributed by atoms with Crippen molar-refractivity contribution in [2.45, 2.75) is 44.7 Å². The van der Waals surface area contributed by atoms with Gasteiger partial charge in [0, 0.05) is 12.6 Å². The second-order valence-electron chi connectivity index (χ2n) is 5.20. The zero-order valence-corrected chi connectivity index (χ0v) is 11.3. The Morgan fingerprint density at radius 1 is 1.42 bits per heavy atom. The lowest BCUT2D eigenvalue weighted by Gasteiger charge is -2.21. The maximum atomic E-state index is 13.6. The fourth-order valence-electron chi connectivity index (χ4n) is 2.49. The van der Waals surface area contributed by atoms with Crippen LogP contribution >= 0.6 is 0 Å². The minimum absolute atomic E-state index is 0.0675. The normalized spacial score (nSPS) is 21.6. The van der Waals surface area contributed by atoms with Gasteiger partial charge >= 0.3 is 0 Å². The standard InChI is InChI=1S/C15H21FN2O/c1-11(10-12-6-2-3-7-13(12)16)18-14-8-4-5-9-17-15(14)19/h2-3,6-7,11,14,18H,4-5,8-10H2,1H3,(H,17,19)/t11-,14+/m0/s1. The monoisotopic (exact) mass is 264 g/mol. The molecule has 19 heavy (non-hydrogen) atoms. The van der Waals surface area contributed by atoms with Crippen LogP contribution in [0.3, 0.4) is 0 Å². The SMILES string of the molecule is C[C@@H](Cc1ccccc1F)N[C@@H]1CCCCNC1=O. The number of benzene rings is 1. The van der Waals surface area contributed by atoms with Gasteiger partial charge in [-0.1, -0.05) is 18.2 Å². The Hall–Kier alpha value is -1.42. The molecule has 104 valence electrons. The van der Waals surface area contributed by atoms with Gasteiger partial charge in [0.15, 0.2) is 0 Å². The Morgan fingerprint density at radius 2 is 2.21 bits per heavy atom. The quantitative estimate of drug-likeness (QED) is 0.873. The molecule has 2 atom stereocenters. The van der Waals surface area contributed by atoms with Crippen LogP contribution in [0.4, 0.5) is 4.39 Å². The van der Waals surface area contributed by atoms with Crippen molar-refractivity contribution in [3.05, 3.63) is 35.6 Å². The van der Waals surface area contributed by atoms with Crippen LogP contribution in [0.5, 0.6) is 0 Å². The van der Waals surface area contributed by atoms with Crippen molar-refractivity contribution in [2.24, 2.45) is 0 Å². The number of hydrogen-bond donors (Lipinski definition) is 2. The van der Waals surface area contributed by atoms with Gasteiger partial charge < -0.3 is 10.6 Å². The van der Waals surface area contributed by atoms with Gasteiger partial charge in [-0.15, -0.1) is 0 Å². The summed E-state index contributed by atoms with van der Waals surface area (Å²) in [4.78, 5) is 11.8. The van der Waals surface area contributed by atoms with E-state index in [1.54, 1.807) is 12.1 Å². The highest BCUT2D eigenvalue weighted by Gasteiger charge is 2.22. The van der Waals surface area contributed by atoms with Gasteiger partial charge in [0.2, 0.25) is 5.91 Å². The number of halogens is 1. The Balaban J connectivity index is 1.91. The lowest BCUT2D eigenvalue weighted by Crippen LogP contribution is -2.47. The van der Waals surface area contributed by atoms with Gasteiger partial charge in [-0.2, -0.15) is 0 Å². The summed E-state index contributed by atoms with van der Waals surface area (Å²) >= 11 is 0. The molecule has 2 rings (SSSR count). The molecule has 0 aliphatic carbocycles. The third-order valence-electron chi connectivity index (χ3n) is 3.50. The van der Waals surface area contributed by atoms with Crippen LogP contribution in [0.25, 0.3) is 0 Å². The van der Waals surface area contributed by atoms with Crippen molar-refractivity contribution < 1.29 is 9.18 Å². The van der Waals surface area contributed by atoms with E-state index in [4.69, 9.17) is 0 Å². The molecule has 2 N–H and O–H groups in total. The van der Waals surface area contributed by atoms with Gasteiger partial charge in [0.1, 0.15) is 5.82 Å². The molecule has 1 saturated heterocycles. The third-order valence-corrected chi connectivity index (χ3v) is 3.50. The van der Waals surface area contributed by atoms with Crippen molar-refractivity contribution in [3.63, 3.8) is 0 Å². The first-order valence-electron chi connectivity index (χ1n) is 6.94. The van der Waals surface area contributed by atoms with Crippen molar-refractivity contribution in [3.8, 4) is 0 Å². The predicted molar refractivity (Wildman–Crippen MR) is 73.4 cm³/mol. The van der Waals surface area contributed by atoms with Crippen molar-refractivity contribution >= 4 is 5.91 Å². The Bertz CT molecular complexity index is 436. The lowest BCUT2D eigenvalue weighted by atomic mass is 10.0. The average molecular weight is 264 g/mol. The minimum Gasteiger partial charge on any atom is -0.355 e. The topological polar surface area (TPSA) is 41.1 Å². The number of hydrogen-bond acceptors (Lipinski definition) is 2.